The smallest absolute Gasteiger partial charge is 0.207 e. The molecule has 0 saturated heterocycles. The van der Waals surface area contributed by atoms with E-state index < -0.39 is 0 Å². The second-order valence-corrected chi connectivity index (χ2v) is 7.35. The lowest BCUT2D eigenvalue weighted by atomic mass is 9.96. The number of rotatable bonds is 14. The van der Waals surface area contributed by atoms with E-state index in [1.807, 2.05) is 34.7 Å². The first-order valence-corrected chi connectivity index (χ1v) is 9.61. The van der Waals surface area contributed by atoms with Crippen molar-refractivity contribution in [2.75, 3.05) is 47.1 Å². The summed E-state index contributed by atoms with van der Waals surface area (Å²) in [5, 5.41) is 5.80. The van der Waals surface area contributed by atoms with Gasteiger partial charge in [-0.2, -0.15) is 0 Å². The van der Waals surface area contributed by atoms with E-state index in [0.717, 1.165) is 13.1 Å². The summed E-state index contributed by atoms with van der Waals surface area (Å²) in [6, 6.07) is 0. The van der Waals surface area contributed by atoms with Crippen molar-refractivity contribution in [3.8, 4) is 0 Å². The van der Waals surface area contributed by atoms with Gasteiger partial charge >= 0.3 is 0 Å². The standard InChI is InChI=1S/C11H23NO3.C6H17N3.C2H6/c1-10(2,6-14-5)7-15-8-11(3,4)12-9-13;1-8-5-3-2-4-6-9-7;1-2/h9H,6-8H2,1-5H3,(H,12,13);8-9H,2-7H2,1H3;1-2H3. The van der Waals surface area contributed by atoms with Gasteiger partial charge < -0.3 is 20.1 Å². The molecule has 0 aliphatic rings. The van der Waals surface area contributed by atoms with Gasteiger partial charge in [0, 0.05) is 19.1 Å². The molecule has 0 unspecified atom stereocenters. The monoisotopic (exact) mass is 378 g/mol. The van der Waals surface area contributed by atoms with Gasteiger partial charge in [0.25, 0.3) is 0 Å². The number of hydrazine groups is 1. The summed E-state index contributed by atoms with van der Waals surface area (Å²) in [4.78, 5) is 10.3. The van der Waals surface area contributed by atoms with Gasteiger partial charge in [0.1, 0.15) is 0 Å². The fourth-order valence-corrected chi connectivity index (χ4v) is 1.92. The van der Waals surface area contributed by atoms with Crippen molar-refractivity contribution < 1.29 is 14.3 Å². The normalized spacial score (nSPS) is 11.0. The van der Waals surface area contributed by atoms with Crippen LogP contribution in [0.5, 0.6) is 0 Å². The molecule has 26 heavy (non-hydrogen) atoms. The van der Waals surface area contributed by atoms with E-state index in [0.29, 0.717) is 26.2 Å². The van der Waals surface area contributed by atoms with Crippen LogP contribution in [0.4, 0.5) is 0 Å². The zero-order chi connectivity index (χ0) is 20.9. The van der Waals surface area contributed by atoms with Crippen LogP contribution in [0.1, 0.15) is 60.8 Å². The third-order valence-corrected chi connectivity index (χ3v) is 3.19. The predicted octanol–water partition coefficient (Wildman–Crippen LogP) is 2.07. The molecule has 0 atom stereocenters. The minimum Gasteiger partial charge on any atom is -0.384 e. The van der Waals surface area contributed by atoms with Crippen LogP contribution >= 0.6 is 0 Å². The van der Waals surface area contributed by atoms with Gasteiger partial charge in [0.05, 0.1) is 25.4 Å². The highest BCUT2D eigenvalue weighted by atomic mass is 16.5. The summed E-state index contributed by atoms with van der Waals surface area (Å²) < 4.78 is 10.7. The van der Waals surface area contributed by atoms with Gasteiger partial charge in [-0.3, -0.25) is 16.1 Å². The third kappa shape index (κ3) is 25.5. The number of unbranched alkanes of at least 4 members (excludes halogenated alkanes) is 2. The highest BCUT2D eigenvalue weighted by Crippen LogP contribution is 2.16. The first-order chi connectivity index (χ1) is 12.2. The Balaban J connectivity index is -0.000000411. The second kappa shape index (κ2) is 20.6. The molecule has 0 fully saturated rings. The maximum absolute atomic E-state index is 10.3. The van der Waals surface area contributed by atoms with E-state index >= 15 is 0 Å². The van der Waals surface area contributed by atoms with Crippen molar-refractivity contribution in [2.24, 2.45) is 11.3 Å². The van der Waals surface area contributed by atoms with Crippen LogP contribution in [0.15, 0.2) is 0 Å². The number of ether oxygens (including phenoxy) is 2. The van der Waals surface area contributed by atoms with E-state index in [-0.39, 0.29) is 11.0 Å². The SMILES string of the molecule is CC.CNCCCCCNN.COCC(C)(C)COCC(C)(C)NC=O. The van der Waals surface area contributed by atoms with Crippen molar-refractivity contribution in [2.45, 2.75) is 66.3 Å². The molecule has 0 aromatic heterocycles. The average Bonchev–Trinajstić information content (AvgIpc) is 2.56. The van der Waals surface area contributed by atoms with Gasteiger partial charge in [-0.05, 0) is 40.3 Å². The summed E-state index contributed by atoms with van der Waals surface area (Å²) >= 11 is 0. The number of hydrogen-bond donors (Lipinski definition) is 4. The molecular weight excluding hydrogens is 332 g/mol. The number of methoxy groups -OCH3 is 1. The second-order valence-electron chi connectivity index (χ2n) is 7.35. The lowest BCUT2D eigenvalue weighted by Crippen LogP contribution is -2.43. The van der Waals surface area contributed by atoms with Crippen LogP contribution in [0.3, 0.4) is 0 Å². The lowest BCUT2D eigenvalue weighted by Gasteiger charge is -2.28. The summed E-state index contributed by atoms with van der Waals surface area (Å²) in [5.41, 5.74) is 2.32. The zero-order valence-electron chi connectivity index (χ0n) is 18.5. The van der Waals surface area contributed by atoms with Gasteiger partial charge in [-0.25, -0.2) is 0 Å². The fourth-order valence-electron chi connectivity index (χ4n) is 1.92. The summed E-state index contributed by atoms with van der Waals surface area (Å²) in [5.74, 6) is 5.08. The highest BCUT2D eigenvalue weighted by Gasteiger charge is 2.21. The molecule has 1 amide bonds. The Bertz CT molecular complexity index is 282. The van der Waals surface area contributed by atoms with Crippen molar-refractivity contribution in [3.63, 3.8) is 0 Å². The molecule has 7 nitrogen and oxygen atoms in total. The van der Waals surface area contributed by atoms with E-state index in [1.165, 1.54) is 19.3 Å². The minimum atomic E-state index is -0.315. The van der Waals surface area contributed by atoms with Crippen LogP contribution in [0, 0.1) is 5.41 Å². The van der Waals surface area contributed by atoms with E-state index in [9.17, 15) is 4.79 Å². The van der Waals surface area contributed by atoms with Crippen LogP contribution < -0.4 is 21.9 Å². The molecule has 0 radical (unpaired) electrons. The van der Waals surface area contributed by atoms with E-state index in [1.54, 1.807) is 7.11 Å². The average molecular weight is 379 g/mol. The Kier molecular flexibility index (Phi) is 23.8. The number of hydrogen-bond acceptors (Lipinski definition) is 6. The maximum atomic E-state index is 10.3. The van der Waals surface area contributed by atoms with Gasteiger partial charge in [-0.1, -0.05) is 34.1 Å². The number of amides is 1. The minimum absolute atomic E-state index is 0.00596. The number of carbonyl (C=O) groups excluding carboxylic acids is 1. The fraction of sp³-hybridized carbons (Fsp3) is 0.947. The molecule has 5 N–H and O–H groups in total. The summed E-state index contributed by atoms with van der Waals surface area (Å²) in [6.45, 7) is 15.8. The Hall–Kier alpha value is -0.730. The molecule has 7 heteroatoms. The molecule has 0 heterocycles. The largest absolute Gasteiger partial charge is 0.384 e. The molecule has 0 bridgehead atoms. The predicted molar refractivity (Wildman–Crippen MR) is 111 cm³/mol. The molecule has 0 spiro atoms. The van der Waals surface area contributed by atoms with Crippen LogP contribution in [0.2, 0.25) is 0 Å². The third-order valence-electron chi connectivity index (χ3n) is 3.19. The van der Waals surface area contributed by atoms with Gasteiger partial charge in [0.15, 0.2) is 0 Å². The van der Waals surface area contributed by atoms with Crippen molar-refractivity contribution in [1.82, 2.24) is 16.1 Å². The van der Waals surface area contributed by atoms with Crippen LogP contribution in [0.25, 0.3) is 0 Å². The Morgan fingerprint density at radius 2 is 1.54 bits per heavy atom. The summed E-state index contributed by atoms with van der Waals surface area (Å²) in [6.07, 6.45) is 4.38. The molecule has 0 rings (SSSR count). The lowest BCUT2D eigenvalue weighted by molar-refractivity contribution is -0.111. The van der Waals surface area contributed by atoms with Crippen molar-refractivity contribution >= 4 is 6.41 Å². The molecule has 0 aromatic rings. The molecule has 160 valence electrons. The quantitative estimate of drug-likeness (QED) is 0.160. The maximum Gasteiger partial charge on any atom is 0.207 e. The van der Waals surface area contributed by atoms with Crippen LogP contribution in [-0.4, -0.2) is 59.0 Å². The van der Waals surface area contributed by atoms with Crippen molar-refractivity contribution in [3.05, 3.63) is 0 Å². The topological polar surface area (TPSA) is 97.6 Å². The van der Waals surface area contributed by atoms with E-state index in [2.05, 4.69) is 29.9 Å². The first kappa shape index (κ1) is 30.0. The highest BCUT2D eigenvalue weighted by molar-refractivity contribution is 5.47. The van der Waals surface area contributed by atoms with E-state index in [4.69, 9.17) is 15.3 Å². The summed E-state index contributed by atoms with van der Waals surface area (Å²) in [7, 11) is 3.65. The Labute approximate surface area is 162 Å². The number of carbonyl (C=O) groups is 1. The van der Waals surface area contributed by atoms with Gasteiger partial charge in [0.2, 0.25) is 6.41 Å². The van der Waals surface area contributed by atoms with Crippen LogP contribution in [-0.2, 0) is 14.3 Å². The molecular formula is C19H46N4O3. The number of nitrogens with one attached hydrogen (secondary N) is 3. The molecule has 0 aliphatic carbocycles. The number of nitrogens with two attached hydrogens (primary N) is 1. The van der Waals surface area contributed by atoms with Gasteiger partial charge in [-0.15, -0.1) is 0 Å². The Morgan fingerprint density at radius 1 is 0.962 bits per heavy atom. The Morgan fingerprint density at radius 3 is 2.00 bits per heavy atom. The van der Waals surface area contributed by atoms with Crippen molar-refractivity contribution in [1.29, 1.82) is 0 Å². The molecule has 0 aromatic carbocycles. The molecule has 0 aliphatic heterocycles. The first-order valence-electron chi connectivity index (χ1n) is 9.61. The molecule has 0 saturated carbocycles. The zero-order valence-corrected chi connectivity index (χ0v) is 18.5.